The fraction of sp³-hybridized carbons (Fsp3) is 0.526. The zero-order valence-corrected chi connectivity index (χ0v) is 12.7. The van der Waals surface area contributed by atoms with Gasteiger partial charge in [-0.25, -0.2) is 4.39 Å². The Hall–Kier alpha value is -1.48. The number of hydrogen-bond acceptors (Lipinski definition) is 2. The molecule has 2 bridgehead atoms. The summed E-state index contributed by atoms with van der Waals surface area (Å²) in [4.78, 5) is 14.6. The summed E-state index contributed by atoms with van der Waals surface area (Å²) in [6.45, 7) is 3.43. The predicted octanol–water partition coefficient (Wildman–Crippen LogP) is 3.54. The molecule has 1 aromatic carbocycles. The monoisotopic (exact) mass is 299 g/mol. The Balaban J connectivity index is 1.25. The van der Waals surface area contributed by atoms with Crippen molar-refractivity contribution in [3.63, 3.8) is 0 Å². The average molecular weight is 299 g/mol. The van der Waals surface area contributed by atoms with Crippen LogP contribution in [0.1, 0.15) is 29.6 Å². The number of carbonyl (C=O) groups excluding carboxylic acids is 1. The van der Waals surface area contributed by atoms with E-state index in [1.165, 1.54) is 31.6 Å². The molecule has 0 amide bonds. The van der Waals surface area contributed by atoms with Crippen LogP contribution in [0.3, 0.4) is 0 Å². The second kappa shape index (κ2) is 5.62. The lowest BCUT2D eigenvalue weighted by molar-refractivity contribution is 0.0975. The maximum absolute atomic E-state index is 12.9. The standard InChI is InChI=1S/C19H22FNO/c20-16-7-5-13(6-8-16)19(22)2-1-9-21-11-17-14-3-4-15(10-14)18(17)12-21/h3-8,14-15,17-18H,1-2,9-12H2. The first-order valence-corrected chi connectivity index (χ1v) is 8.40. The number of rotatable bonds is 5. The van der Waals surface area contributed by atoms with Gasteiger partial charge in [-0.3, -0.25) is 4.79 Å². The van der Waals surface area contributed by atoms with Crippen molar-refractivity contribution in [2.75, 3.05) is 19.6 Å². The topological polar surface area (TPSA) is 20.3 Å². The summed E-state index contributed by atoms with van der Waals surface area (Å²) in [5.41, 5.74) is 0.627. The lowest BCUT2D eigenvalue weighted by Crippen LogP contribution is -2.24. The van der Waals surface area contributed by atoms with Gasteiger partial charge in [0.2, 0.25) is 0 Å². The number of allylic oxidation sites excluding steroid dienone is 2. The lowest BCUT2D eigenvalue weighted by atomic mass is 9.86. The summed E-state index contributed by atoms with van der Waals surface area (Å²) in [5.74, 6) is 3.21. The molecule has 2 nitrogen and oxygen atoms in total. The first kappa shape index (κ1) is 14.1. The average Bonchev–Trinajstić information content (AvgIpc) is 3.20. The van der Waals surface area contributed by atoms with E-state index in [0.29, 0.717) is 12.0 Å². The number of fused-ring (bicyclic) bond motifs is 5. The van der Waals surface area contributed by atoms with Crippen LogP contribution in [0.15, 0.2) is 36.4 Å². The van der Waals surface area contributed by atoms with Crippen molar-refractivity contribution >= 4 is 5.78 Å². The minimum atomic E-state index is -0.289. The minimum absolute atomic E-state index is 0.126. The molecule has 0 aromatic heterocycles. The summed E-state index contributed by atoms with van der Waals surface area (Å²) in [6, 6.07) is 5.89. The maximum Gasteiger partial charge on any atom is 0.162 e. The highest BCUT2D eigenvalue weighted by Gasteiger charge is 2.48. The third-order valence-corrected chi connectivity index (χ3v) is 5.78. The summed E-state index contributed by atoms with van der Waals surface area (Å²) < 4.78 is 12.9. The van der Waals surface area contributed by atoms with E-state index in [9.17, 15) is 9.18 Å². The van der Waals surface area contributed by atoms with Crippen LogP contribution in [0.2, 0.25) is 0 Å². The molecule has 1 aliphatic heterocycles. The SMILES string of the molecule is O=C(CCCN1CC2C3C=CC(C3)C2C1)c1ccc(F)cc1. The van der Waals surface area contributed by atoms with Crippen molar-refractivity contribution < 1.29 is 9.18 Å². The highest BCUT2D eigenvalue weighted by atomic mass is 19.1. The van der Waals surface area contributed by atoms with Crippen LogP contribution < -0.4 is 0 Å². The van der Waals surface area contributed by atoms with E-state index in [-0.39, 0.29) is 11.6 Å². The number of nitrogens with zero attached hydrogens (tertiary/aromatic N) is 1. The highest BCUT2D eigenvalue weighted by Crippen LogP contribution is 2.51. The van der Waals surface area contributed by atoms with Crippen molar-refractivity contribution in [1.29, 1.82) is 0 Å². The molecule has 22 heavy (non-hydrogen) atoms. The second-order valence-corrected chi connectivity index (χ2v) is 7.07. The van der Waals surface area contributed by atoms with Crippen molar-refractivity contribution in [2.24, 2.45) is 23.7 Å². The van der Waals surface area contributed by atoms with Gasteiger partial charge in [-0.05, 0) is 67.3 Å². The molecular weight excluding hydrogens is 277 g/mol. The first-order valence-electron chi connectivity index (χ1n) is 8.40. The molecule has 4 rings (SSSR count). The van der Waals surface area contributed by atoms with E-state index in [1.807, 2.05) is 0 Å². The molecule has 116 valence electrons. The summed E-state index contributed by atoms with van der Waals surface area (Å²) >= 11 is 0. The number of Topliss-reactive ketones (excluding diaryl/α,β-unsaturated/α-hetero) is 1. The van der Waals surface area contributed by atoms with Crippen LogP contribution in [0, 0.1) is 29.5 Å². The zero-order valence-electron chi connectivity index (χ0n) is 12.7. The highest BCUT2D eigenvalue weighted by molar-refractivity contribution is 5.95. The number of carbonyl (C=O) groups is 1. The number of ketones is 1. The molecule has 3 aliphatic rings. The molecule has 0 radical (unpaired) electrons. The van der Waals surface area contributed by atoms with E-state index < -0.39 is 0 Å². The lowest BCUT2D eigenvalue weighted by Gasteiger charge is -2.17. The predicted molar refractivity (Wildman–Crippen MR) is 84.1 cm³/mol. The number of hydrogen-bond donors (Lipinski definition) is 0. The first-order chi connectivity index (χ1) is 10.7. The van der Waals surface area contributed by atoms with Crippen molar-refractivity contribution in [2.45, 2.75) is 19.3 Å². The van der Waals surface area contributed by atoms with Gasteiger partial charge >= 0.3 is 0 Å². The van der Waals surface area contributed by atoms with Gasteiger partial charge in [-0.2, -0.15) is 0 Å². The Morgan fingerprint density at radius 2 is 1.73 bits per heavy atom. The summed E-state index contributed by atoms with van der Waals surface area (Å²) in [6.07, 6.45) is 7.69. The van der Waals surface area contributed by atoms with Gasteiger partial charge in [0.25, 0.3) is 0 Å². The molecule has 3 heteroatoms. The van der Waals surface area contributed by atoms with E-state index in [1.54, 1.807) is 12.1 Å². The number of benzene rings is 1. The van der Waals surface area contributed by atoms with Crippen LogP contribution in [0.25, 0.3) is 0 Å². The van der Waals surface area contributed by atoms with Crippen LogP contribution in [-0.2, 0) is 0 Å². The molecule has 2 fully saturated rings. The molecule has 1 heterocycles. The van der Waals surface area contributed by atoms with Gasteiger partial charge < -0.3 is 4.90 Å². The van der Waals surface area contributed by atoms with Gasteiger partial charge in [0, 0.05) is 25.1 Å². The van der Waals surface area contributed by atoms with Gasteiger partial charge in [0.05, 0.1) is 0 Å². The third-order valence-electron chi connectivity index (χ3n) is 5.78. The van der Waals surface area contributed by atoms with Crippen molar-refractivity contribution in [1.82, 2.24) is 4.90 Å². The van der Waals surface area contributed by atoms with E-state index >= 15 is 0 Å². The molecule has 1 saturated carbocycles. The van der Waals surface area contributed by atoms with Crippen LogP contribution in [-0.4, -0.2) is 30.3 Å². The second-order valence-electron chi connectivity index (χ2n) is 7.07. The van der Waals surface area contributed by atoms with Crippen LogP contribution in [0.5, 0.6) is 0 Å². The molecule has 4 unspecified atom stereocenters. The zero-order chi connectivity index (χ0) is 15.1. The van der Waals surface area contributed by atoms with Crippen molar-refractivity contribution in [3.05, 3.63) is 47.8 Å². The fourth-order valence-electron chi connectivity index (χ4n) is 4.67. The Bertz CT molecular complexity index is 574. The minimum Gasteiger partial charge on any atom is -0.303 e. The number of likely N-dealkylation sites (tertiary alicyclic amines) is 1. The Labute approximate surface area is 131 Å². The fourth-order valence-corrected chi connectivity index (χ4v) is 4.67. The molecule has 0 spiro atoms. The van der Waals surface area contributed by atoms with Gasteiger partial charge in [0.15, 0.2) is 5.78 Å². The summed E-state index contributed by atoms with van der Waals surface area (Å²) in [5, 5.41) is 0. The number of halogens is 1. The molecule has 1 saturated heterocycles. The van der Waals surface area contributed by atoms with E-state index in [4.69, 9.17) is 0 Å². The maximum atomic E-state index is 12.9. The van der Waals surface area contributed by atoms with Crippen LogP contribution in [0.4, 0.5) is 4.39 Å². The largest absolute Gasteiger partial charge is 0.303 e. The quantitative estimate of drug-likeness (QED) is 0.612. The molecule has 1 aromatic rings. The van der Waals surface area contributed by atoms with Crippen LogP contribution >= 0.6 is 0 Å². The van der Waals surface area contributed by atoms with Crippen molar-refractivity contribution in [3.8, 4) is 0 Å². The Morgan fingerprint density at radius 3 is 2.36 bits per heavy atom. The van der Waals surface area contributed by atoms with Gasteiger partial charge in [-0.1, -0.05) is 12.2 Å². The van der Waals surface area contributed by atoms with E-state index in [0.717, 1.165) is 36.6 Å². The van der Waals surface area contributed by atoms with Gasteiger partial charge in [0.1, 0.15) is 5.82 Å². The molecule has 0 N–H and O–H groups in total. The summed E-state index contributed by atoms with van der Waals surface area (Å²) in [7, 11) is 0. The molecular formula is C19H22FNO. The normalized spacial score (nSPS) is 32.6. The molecule has 4 atom stereocenters. The Kier molecular flexibility index (Phi) is 3.61. The Morgan fingerprint density at radius 1 is 1.09 bits per heavy atom. The smallest absolute Gasteiger partial charge is 0.162 e. The molecule has 2 aliphatic carbocycles. The van der Waals surface area contributed by atoms with E-state index in [2.05, 4.69) is 17.1 Å². The third kappa shape index (κ3) is 2.52. The van der Waals surface area contributed by atoms with Gasteiger partial charge in [-0.15, -0.1) is 0 Å².